The number of ether oxygens (including phenoxy) is 1. The van der Waals surface area contributed by atoms with Crippen LogP contribution in [0.1, 0.15) is 35.5 Å². The molecule has 0 bridgehead atoms. The van der Waals surface area contributed by atoms with Crippen LogP contribution in [0.15, 0.2) is 48.1 Å². The highest BCUT2D eigenvalue weighted by molar-refractivity contribution is 7.11. The Bertz CT molecular complexity index is 1350. The summed E-state index contributed by atoms with van der Waals surface area (Å²) in [5.41, 5.74) is 0.298. The number of aromatic nitrogens is 2. The number of nitrogens with one attached hydrogen (secondary N) is 1. The van der Waals surface area contributed by atoms with Gasteiger partial charge in [0, 0.05) is 22.9 Å². The second-order valence-electron chi connectivity index (χ2n) is 8.07. The van der Waals surface area contributed by atoms with Crippen LogP contribution < -0.4 is 5.48 Å². The van der Waals surface area contributed by atoms with E-state index in [1.807, 2.05) is 0 Å². The van der Waals surface area contributed by atoms with Crippen LogP contribution in [-0.2, 0) is 10.3 Å². The molecule has 11 heteroatoms. The standard InChI is InChI=1S/C24H21ClF3N3O3S/c1-12(34-2)22-20(27)15(11-35-22)18-10-29-23(31-18)24(32)6-5-13(8-24)7-14(9-30-33)19-17(26)4-3-16(25)21(19)28/h3-4,7,9-11,30,32-33H,1,5-6,8H2,2H3,(H,29,31)/p+1/b13-7-,14-9+. The SMILES string of the molecule is C=C(OC)c1scc(-c2cnc(C3(O)CC/C(=C/C(=C\[NH2+]O)c4c(F)ccc(Cl)c4F)C3)[nH]2)c1F. The zero-order valence-electron chi connectivity index (χ0n) is 18.5. The van der Waals surface area contributed by atoms with Crippen LogP contribution in [0.3, 0.4) is 0 Å². The Balaban J connectivity index is 1.61. The van der Waals surface area contributed by atoms with Crippen molar-refractivity contribution in [3.05, 3.63) is 86.9 Å². The molecular weight excluding hydrogens is 503 g/mol. The fraction of sp³-hybridized carbons (Fsp3) is 0.208. The second-order valence-corrected chi connectivity index (χ2v) is 9.35. The number of halogens is 4. The third-order valence-corrected chi connectivity index (χ3v) is 7.15. The first-order valence-corrected chi connectivity index (χ1v) is 11.7. The number of nitrogens with two attached hydrogens (primary N) is 1. The van der Waals surface area contributed by atoms with Crippen molar-refractivity contribution in [2.24, 2.45) is 0 Å². The molecule has 1 saturated carbocycles. The number of allylic oxidation sites excluding steroid dienone is 2. The largest absolute Gasteiger partial charge is 0.496 e. The number of methoxy groups -OCH3 is 1. The lowest BCUT2D eigenvalue weighted by molar-refractivity contribution is -0.837. The van der Waals surface area contributed by atoms with Gasteiger partial charge in [-0.05, 0) is 31.1 Å². The van der Waals surface area contributed by atoms with Crippen molar-refractivity contribution in [3.8, 4) is 11.3 Å². The number of hydrogen-bond acceptors (Lipinski definition) is 5. The molecule has 1 aromatic carbocycles. The summed E-state index contributed by atoms with van der Waals surface area (Å²) in [5, 5.41) is 21.9. The van der Waals surface area contributed by atoms with Gasteiger partial charge in [0.05, 0.1) is 29.6 Å². The highest BCUT2D eigenvalue weighted by Gasteiger charge is 2.39. The Kier molecular flexibility index (Phi) is 7.20. The number of imidazole rings is 1. The summed E-state index contributed by atoms with van der Waals surface area (Å²) in [4.78, 5) is 7.52. The molecule has 0 radical (unpaired) electrons. The van der Waals surface area contributed by atoms with Crippen molar-refractivity contribution in [1.82, 2.24) is 9.97 Å². The Morgan fingerprint density at radius 1 is 1.34 bits per heavy atom. The molecule has 1 atom stereocenters. The zero-order valence-corrected chi connectivity index (χ0v) is 20.1. The number of quaternary nitrogens is 1. The molecule has 5 N–H and O–H groups in total. The van der Waals surface area contributed by atoms with E-state index in [-0.39, 0.29) is 51.0 Å². The van der Waals surface area contributed by atoms with Gasteiger partial charge in [-0.1, -0.05) is 23.8 Å². The van der Waals surface area contributed by atoms with Gasteiger partial charge in [-0.25, -0.2) is 23.4 Å². The lowest BCUT2D eigenvalue weighted by Crippen LogP contribution is -2.73. The zero-order chi connectivity index (χ0) is 25.3. The molecule has 0 amide bonds. The smallest absolute Gasteiger partial charge is 0.154 e. The molecule has 4 rings (SSSR count). The van der Waals surface area contributed by atoms with E-state index in [1.54, 1.807) is 5.38 Å². The maximum absolute atomic E-state index is 14.8. The number of hydroxylamine groups is 1. The summed E-state index contributed by atoms with van der Waals surface area (Å²) in [5.74, 6) is -1.84. The number of benzene rings is 1. The monoisotopic (exact) mass is 524 g/mol. The fourth-order valence-corrected chi connectivity index (χ4v) is 5.09. The molecule has 35 heavy (non-hydrogen) atoms. The first-order chi connectivity index (χ1) is 16.7. The summed E-state index contributed by atoms with van der Waals surface area (Å²) >= 11 is 6.95. The maximum atomic E-state index is 14.8. The minimum Gasteiger partial charge on any atom is -0.496 e. The van der Waals surface area contributed by atoms with Crippen LogP contribution in [0, 0.1) is 17.5 Å². The quantitative estimate of drug-likeness (QED) is 0.196. The summed E-state index contributed by atoms with van der Waals surface area (Å²) in [6.45, 7) is 3.67. The van der Waals surface area contributed by atoms with Crippen LogP contribution in [-0.4, -0.2) is 27.4 Å². The van der Waals surface area contributed by atoms with E-state index in [2.05, 4.69) is 16.5 Å². The lowest BCUT2D eigenvalue weighted by Gasteiger charge is -2.18. The number of aliphatic hydroxyl groups is 1. The molecule has 0 spiro atoms. The van der Waals surface area contributed by atoms with E-state index in [4.69, 9.17) is 16.3 Å². The fourth-order valence-electron chi connectivity index (χ4n) is 4.04. The molecule has 2 aromatic heterocycles. The molecule has 1 unspecified atom stereocenters. The molecular formula is C24H22ClF3N3O3S+. The molecule has 1 aliphatic rings. The summed E-state index contributed by atoms with van der Waals surface area (Å²) in [6.07, 6.45) is 4.89. The number of aromatic amines is 1. The van der Waals surface area contributed by atoms with Gasteiger partial charge < -0.3 is 14.8 Å². The van der Waals surface area contributed by atoms with Gasteiger partial charge in [-0.3, -0.25) is 0 Å². The van der Waals surface area contributed by atoms with Gasteiger partial charge >= 0.3 is 0 Å². The Morgan fingerprint density at radius 2 is 2.11 bits per heavy atom. The molecule has 3 aromatic rings. The summed E-state index contributed by atoms with van der Waals surface area (Å²) < 4.78 is 48.8. The Morgan fingerprint density at radius 3 is 2.83 bits per heavy atom. The number of H-pyrrole nitrogens is 1. The predicted molar refractivity (Wildman–Crippen MR) is 127 cm³/mol. The predicted octanol–water partition coefficient (Wildman–Crippen LogP) is 5.12. The molecule has 1 fully saturated rings. The van der Waals surface area contributed by atoms with Crippen LogP contribution in [0.5, 0.6) is 0 Å². The molecule has 2 heterocycles. The molecule has 184 valence electrons. The molecule has 0 saturated heterocycles. The Hall–Kier alpha value is -2.89. The van der Waals surface area contributed by atoms with Crippen LogP contribution in [0.4, 0.5) is 13.2 Å². The maximum Gasteiger partial charge on any atom is 0.154 e. The van der Waals surface area contributed by atoms with E-state index < -0.39 is 23.1 Å². The van der Waals surface area contributed by atoms with Crippen LogP contribution in [0.2, 0.25) is 5.02 Å². The van der Waals surface area contributed by atoms with Crippen molar-refractivity contribution >= 4 is 34.3 Å². The van der Waals surface area contributed by atoms with E-state index in [1.165, 1.54) is 19.4 Å². The third-order valence-electron chi connectivity index (χ3n) is 5.86. The highest BCUT2D eigenvalue weighted by Crippen LogP contribution is 2.43. The number of thiophene rings is 1. The first kappa shape index (κ1) is 25.2. The van der Waals surface area contributed by atoms with Crippen LogP contribution >= 0.6 is 22.9 Å². The van der Waals surface area contributed by atoms with E-state index in [0.29, 0.717) is 23.2 Å². The van der Waals surface area contributed by atoms with E-state index in [0.717, 1.165) is 29.7 Å². The van der Waals surface area contributed by atoms with Gasteiger partial charge in [0.25, 0.3) is 0 Å². The third kappa shape index (κ3) is 4.80. The van der Waals surface area contributed by atoms with Crippen LogP contribution in [0.25, 0.3) is 22.6 Å². The molecule has 0 aliphatic heterocycles. The number of nitrogens with zero attached hydrogens (tertiary/aromatic N) is 1. The minimum absolute atomic E-state index is 0.0654. The van der Waals surface area contributed by atoms with E-state index in [9.17, 15) is 23.5 Å². The normalized spacial score (nSPS) is 19.5. The van der Waals surface area contributed by atoms with Gasteiger partial charge in [0.1, 0.15) is 34.1 Å². The molecule has 6 nitrogen and oxygen atoms in total. The summed E-state index contributed by atoms with van der Waals surface area (Å²) in [6, 6.07) is 2.15. The average molecular weight is 525 g/mol. The summed E-state index contributed by atoms with van der Waals surface area (Å²) in [7, 11) is 1.41. The lowest BCUT2D eigenvalue weighted by atomic mass is 9.99. The van der Waals surface area contributed by atoms with Crippen molar-refractivity contribution in [2.45, 2.75) is 24.9 Å². The van der Waals surface area contributed by atoms with Gasteiger partial charge in [-0.2, -0.15) is 5.48 Å². The van der Waals surface area contributed by atoms with Gasteiger partial charge in [-0.15, -0.1) is 11.3 Å². The first-order valence-electron chi connectivity index (χ1n) is 10.5. The van der Waals surface area contributed by atoms with Crippen molar-refractivity contribution in [3.63, 3.8) is 0 Å². The van der Waals surface area contributed by atoms with Crippen molar-refractivity contribution in [1.29, 1.82) is 0 Å². The average Bonchev–Trinajstić information content (AvgIpc) is 3.55. The second kappa shape index (κ2) is 10.00. The van der Waals surface area contributed by atoms with Crippen molar-refractivity contribution in [2.75, 3.05) is 7.11 Å². The van der Waals surface area contributed by atoms with Crippen molar-refractivity contribution < 1.29 is 33.7 Å². The van der Waals surface area contributed by atoms with E-state index >= 15 is 0 Å². The minimum atomic E-state index is -1.39. The van der Waals surface area contributed by atoms with Gasteiger partial charge in [0.15, 0.2) is 11.6 Å². The number of hydrogen-bond donors (Lipinski definition) is 4. The topological polar surface area (TPSA) is 95.0 Å². The molecule has 1 aliphatic carbocycles. The Labute approximate surface area is 208 Å². The highest BCUT2D eigenvalue weighted by atomic mass is 35.5. The number of rotatable bonds is 7. The van der Waals surface area contributed by atoms with Gasteiger partial charge in [0.2, 0.25) is 0 Å².